The minimum absolute atomic E-state index is 0.551. The highest BCUT2D eigenvalue weighted by Gasteiger charge is 2.27. The van der Waals surface area contributed by atoms with Crippen LogP contribution in [-0.4, -0.2) is 38.4 Å². The van der Waals surface area contributed by atoms with Crippen LogP contribution >= 0.6 is 0 Å². The lowest BCUT2D eigenvalue weighted by Gasteiger charge is -2.31. The molecule has 0 radical (unpaired) electrons. The largest absolute Gasteiger partial charge is 0.389 e. The third-order valence-electron chi connectivity index (χ3n) is 6.11. The van der Waals surface area contributed by atoms with Gasteiger partial charge in [-0.15, -0.1) is 0 Å². The molecule has 2 aromatic heterocycles. The molecule has 2 N–H and O–H groups in total. The van der Waals surface area contributed by atoms with E-state index in [4.69, 9.17) is 10.1 Å². The van der Waals surface area contributed by atoms with Crippen LogP contribution in [0.5, 0.6) is 0 Å². The number of hydrogen-bond donors (Lipinski definition) is 2. The van der Waals surface area contributed by atoms with Crippen molar-refractivity contribution in [1.82, 2.24) is 19.9 Å². The monoisotopic (exact) mass is 404 g/mol. The number of rotatable bonds is 6. The first-order chi connectivity index (χ1) is 14.5. The van der Waals surface area contributed by atoms with E-state index >= 15 is 0 Å². The predicted octanol–water partition coefficient (Wildman–Crippen LogP) is 4.02. The van der Waals surface area contributed by atoms with E-state index in [9.17, 15) is 5.11 Å². The topological polar surface area (TPSA) is 62.5 Å². The second kappa shape index (κ2) is 8.70. The summed E-state index contributed by atoms with van der Waals surface area (Å²) in [7, 11) is 0. The molecule has 1 saturated heterocycles. The van der Waals surface area contributed by atoms with Crippen LogP contribution in [0.1, 0.15) is 60.0 Å². The van der Waals surface area contributed by atoms with E-state index in [0.717, 1.165) is 67.1 Å². The van der Waals surface area contributed by atoms with Crippen LogP contribution in [0.3, 0.4) is 0 Å². The number of hydrogen-bond acceptors (Lipinski definition) is 4. The molecule has 3 aromatic rings. The first kappa shape index (κ1) is 20.8. The Morgan fingerprint density at radius 2 is 1.90 bits per heavy atom. The fourth-order valence-corrected chi connectivity index (χ4v) is 4.34. The fraction of sp³-hybridized carbons (Fsp3) is 0.440. The smallest absolute Gasteiger partial charge is 0.159 e. The molecular formula is C25H32N4O. The van der Waals surface area contributed by atoms with Gasteiger partial charge in [-0.2, -0.15) is 5.10 Å². The van der Waals surface area contributed by atoms with Gasteiger partial charge in [0, 0.05) is 23.4 Å². The van der Waals surface area contributed by atoms with Crippen molar-refractivity contribution in [3.63, 3.8) is 0 Å². The lowest BCUT2D eigenvalue weighted by molar-refractivity contribution is 0.0135. The highest BCUT2D eigenvalue weighted by molar-refractivity contribution is 5.55. The van der Waals surface area contributed by atoms with Gasteiger partial charge in [-0.1, -0.05) is 43.3 Å². The number of aromatic nitrogens is 3. The lowest BCUT2D eigenvalue weighted by Crippen LogP contribution is -2.41. The van der Waals surface area contributed by atoms with Gasteiger partial charge in [-0.25, -0.2) is 9.50 Å². The molecule has 158 valence electrons. The first-order valence-electron chi connectivity index (χ1n) is 11.0. The Morgan fingerprint density at radius 1 is 1.17 bits per heavy atom. The van der Waals surface area contributed by atoms with Crippen molar-refractivity contribution in [2.75, 3.05) is 13.1 Å². The van der Waals surface area contributed by atoms with Gasteiger partial charge in [0.05, 0.1) is 11.3 Å². The van der Waals surface area contributed by atoms with Crippen molar-refractivity contribution in [1.29, 1.82) is 0 Å². The van der Waals surface area contributed by atoms with Gasteiger partial charge in [0.15, 0.2) is 5.65 Å². The molecule has 3 heterocycles. The average Bonchev–Trinajstić information content (AvgIpc) is 3.07. The summed E-state index contributed by atoms with van der Waals surface area (Å²) in [4.78, 5) is 4.77. The minimum Gasteiger partial charge on any atom is -0.389 e. The molecule has 1 aliphatic rings. The molecule has 5 heteroatoms. The standard InChI is InChI=1S/C25H32N4O/c1-4-23-22(24-27-18(2)16-19(3)29(24)28-23)17-21-9-7-20(8-10-21)6-5-11-25(30)12-14-26-15-13-25/h5-10,16,26,30H,4,11-15,17H2,1-3H3. The third-order valence-corrected chi connectivity index (χ3v) is 6.11. The molecular weight excluding hydrogens is 372 g/mol. The Kier molecular flexibility index (Phi) is 6.02. The molecule has 0 aliphatic carbocycles. The molecule has 1 aromatic carbocycles. The molecule has 0 unspecified atom stereocenters. The molecule has 0 saturated carbocycles. The normalized spacial score (nSPS) is 16.5. The van der Waals surface area contributed by atoms with Crippen molar-refractivity contribution in [3.05, 3.63) is 70.2 Å². The molecule has 1 aliphatic heterocycles. The first-order valence-corrected chi connectivity index (χ1v) is 11.0. The van der Waals surface area contributed by atoms with Crippen LogP contribution in [0.25, 0.3) is 11.7 Å². The van der Waals surface area contributed by atoms with Gasteiger partial charge in [-0.05, 0) is 69.8 Å². The van der Waals surface area contributed by atoms with Crippen LogP contribution in [0, 0.1) is 13.8 Å². The highest BCUT2D eigenvalue weighted by atomic mass is 16.3. The molecule has 0 amide bonds. The maximum absolute atomic E-state index is 10.6. The lowest BCUT2D eigenvalue weighted by atomic mass is 9.89. The summed E-state index contributed by atoms with van der Waals surface area (Å²) < 4.78 is 1.98. The van der Waals surface area contributed by atoms with Crippen molar-refractivity contribution >= 4 is 11.7 Å². The quantitative estimate of drug-likeness (QED) is 0.651. The van der Waals surface area contributed by atoms with Crippen molar-refractivity contribution in [3.8, 4) is 0 Å². The molecule has 0 atom stereocenters. The zero-order valence-corrected chi connectivity index (χ0v) is 18.3. The van der Waals surface area contributed by atoms with Gasteiger partial charge in [0.1, 0.15) is 0 Å². The number of benzene rings is 1. The van der Waals surface area contributed by atoms with Crippen LogP contribution in [0.2, 0.25) is 0 Å². The second-order valence-corrected chi connectivity index (χ2v) is 8.55. The molecule has 4 rings (SSSR count). The van der Waals surface area contributed by atoms with Crippen molar-refractivity contribution in [2.45, 2.75) is 58.5 Å². The predicted molar refractivity (Wildman–Crippen MR) is 122 cm³/mol. The second-order valence-electron chi connectivity index (χ2n) is 8.55. The van der Waals surface area contributed by atoms with E-state index < -0.39 is 5.60 Å². The average molecular weight is 405 g/mol. The van der Waals surface area contributed by atoms with Crippen LogP contribution in [0.4, 0.5) is 0 Å². The van der Waals surface area contributed by atoms with E-state index in [2.05, 4.69) is 61.6 Å². The summed E-state index contributed by atoms with van der Waals surface area (Å²) >= 11 is 0. The zero-order valence-electron chi connectivity index (χ0n) is 18.3. The SMILES string of the molecule is CCc1nn2c(C)cc(C)nc2c1Cc1ccc(C=CCC2(O)CCNCC2)cc1. The van der Waals surface area contributed by atoms with E-state index in [1.54, 1.807) is 0 Å². The van der Waals surface area contributed by atoms with E-state index in [0.29, 0.717) is 6.42 Å². The highest BCUT2D eigenvalue weighted by Crippen LogP contribution is 2.24. The summed E-state index contributed by atoms with van der Waals surface area (Å²) in [5, 5.41) is 18.7. The summed E-state index contributed by atoms with van der Waals surface area (Å²) in [6.07, 6.45) is 8.31. The fourth-order valence-electron chi connectivity index (χ4n) is 4.34. The number of nitrogens with one attached hydrogen (secondary N) is 1. The Balaban J connectivity index is 1.49. The Morgan fingerprint density at radius 3 is 2.60 bits per heavy atom. The zero-order chi connectivity index (χ0) is 21.1. The van der Waals surface area contributed by atoms with Crippen molar-refractivity contribution in [2.24, 2.45) is 0 Å². The van der Waals surface area contributed by atoms with Gasteiger partial charge in [0.2, 0.25) is 0 Å². The summed E-state index contributed by atoms with van der Waals surface area (Å²) in [6, 6.07) is 10.7. The maximum atomic E-state index is 10.6. The summed E-state index contributed by atoms with van der Waals surface area (Å²) in [5.41, 5.74) is 7.34. The van der Waals surface area contributed by atoms with Crippen LogP contribution in [-0.2, 0) is 12.8 Å². The maximum Gasteiger partial charge on any atom is 0.159 e. The number of piperidine rings is 1. The van der Waals surface area contributed by atoms with Crippen LogP contribution < -0.4 is 5.32 Å². The summed E-state index contributed by atoms with van der Waals surface area (Å²) in [5.74, 6) is 0. The van der Waals surface area contributed by atoms with Gasteiger partial charge >= 0.3 is 0 Å². The Labute approximate surface area is 178 Å². The molecule has 0 bridgehead atoms. The third kappa shape index (κ3) is 4.47. The molecule has 0 spiro atoms. The minimum atomic E-state index is -0.551. The number of nitrogens with zero attached hydrogens (tertiary/aromatic N) is 3. The number of aliphatic hydroxyl groups is 1. The van der Waals surface area contributed by atoms with E-state index in [1.165, 1.54) is 11.1 Å². The molecule has 30 heavy (non-hydrogen) atoms. The Bertz CT molecular complexity index is 1040. The van der Waals surface area contributed by atoms with Crippen molar-refractivity contribution < 1.29 is 5.11 Å². The summed E-state index contributed by atoms with van der Waals surface area (Å²) in [6.45, 7) is 8.07. The Hall–Kier alpha value is -2.50. The molecule has 5 nitrogen and oxygen atoms in total. The molecule has 1 fully saturated rings. The van der Waals surface area contributed by atoms with Crippen LogP contribution in [0.15, 0.2) is 36.4 Å². The van der Waals surface area contributed by atoms with Gasteiger partial charge in [-0.3, -0.25) is 0 Å². The van der Waals surface area contributed by atoms with E-state index in [-0.39, 0.29) is 0 Å². The van der Waals surface area contributed by atoms with E-state index in [1.807, 2.05) is 11.4 Å². The number of fused-ring (bicyclic) bond motifs is 1. The van der Waals surface area contributed by atoms with Gasteiger partial charge in [0.25, 0.3) is 0 Å². The number of aryl methyl sites for hydroxylation is 3. The van der Waals surface area contributed by atoms with Gasteiger partial charge < -0.3 is 10.4 Å².